The zero-order valence-electron chi connectivity index (χ0n) is 10.4. The smallest absolute Gasteiger partial charge is 0.374 e. The Morgan fingerprint density at radius 1 is 1.33 bits per heavy atom. The van der Waals surface area contributed by atoms with Gasteiger partial charge in [0.05, 0.1) is 7.11 Å². The second kappa shape index (κ2) is 4.52. The van der Waals surface area contributed by atoms with Crippen molar-refractivity contribution in [1.82, 2.24) is 5.16 Å². The van der Waals surface area contributed by atoms with E-state index in [9.17, 15) is 4.79 Å². The quantitative estimate of drug-likeness (QED) is 0.902. The van der Waals surface area contributed by atoms with E-state index in [2.05, 4.69) is 5.16 Å². The molecule has 1 aromatic heterocycles. The minimum absolute atomic E-state index is 0.188. The van der Waals surface area contributed by atoms with E-state index in [1.54, 1.807) is 7.11 Å². The van der Waals surface area contributed by atoms with Gasteiger partial charge in [-0.15, -0.1) is 0 Å². The summed E-state index contributed by atoms with van der Waals surface area (Å²) in [5.74, 6) is -0.678. The molecule has 0 fully saturated rings. The van der Waals surface area contributed by atoms with Crippen LogP contribution in [0.1, 0.15) is 21.7 Å². The average molecular weight is 247 g/mol. The van der Waals surface area contributed by atoms with Crippen LogP contribution in [0, 0.1) is 13.8 Å². The van der Waals surface area contributed by atoms with Crippen molar-refractivity contribution in [2.24, 2.45) is 0 Å². The molecule has 5 heteroatoms. The van der Waals surface area contributed by atoms with Crippen molar-refractivity contribution in [3.8, 4) is 17.0 Å². The summed E-state index contributed by atoms with van der Waals surface area (Å²) >= 11 is 0. The number of carboxylic acids is 1. The summed E-state index contributed by atoms with van der Waals surface area (Å²) in [7, 11) is 1.57. The zero-order valence-corrected chi connectivity index (χ0v) is 10.4. The fourth-order valence-electron chi connectivity index (χ4n) is 1.91. The van der Waals surface area contributed by atoms with Gasteiger partial charge in [0, 0.05) is 11.6 Å². The Kier molecular flexibility index (Phi) is 3.06. The molecule has 18 heavy (non-hydrogen) atoms. The molecule has 2 aromatic rings. The number of rotatable bonds is 3. The Labute approximate surface area is 104 Å². The van der Waals surface area contributed by atoms with Gasteiger partial charge in [-0.3, -0.25) is 0 Å². The molecule has 0 atom stereocenters. The highest BCUT2D eigenvalue weighted by Gasteiger charge is 2.17. The molecule has 2 rings (SSSR count). The third kappa shape index (κ3) is 2.07. The van der Waals surface area contributed by atoms with Crippen LogP contribution in [-0.2, 0) is 0 Å². The molecule has 0 aliphatic rings. The Bertz CT molecular complexity index is 601. The first-order chi connectivity index (χ1) is 8.52. The molecule has 0 spiro atoms. The van der Waals surface area contributed by atoms with E-state index in [4.69, 9.17) is 14.4 Å². The van der Waals surface area contributed by atoms with E-state index in [0.717, 1.165) is 16.7 Å². The molecule has 0 saturated heterocycles. The predicted octanol–water partition coefficient (Wildman–Crippen LogP) is 2.67. The number of carboxylic acid groups (broad SMARTS) is 1. The van der Waals surface area contributed by atoms with Crippen molar-refractivity contribution in [1.29, 1.82) is 0 Å². The standard InChI is InChI=1S/C13H13NO4/c1-7-4-8(2)12(10(5-7)17-3)9-6-11(13(15)16)18-14-9/h4-6H,1-3H3,(H,15,16). The molecule has 1 N–H and O–H groups in total. The fourth-order valence-corrected chi connectivity index (χ4v) is 1.91. The monoisotopic (exact) mass is 247 g/mol. The maximum atomic E-state index is 10.8. The van der Waals surface area contributed by atoms with Gasteiger partial charge >= 0.3 is 5.97 Å². The molecule has 0 saturated carbocycles. The number of hydrogen-bond acceptors (Lipinski definition) is 4. The van der Waals surface area contributed by atoms with Crippen molar-refractivity contribution in [3.05, 3.63) is 35.1 Å². The number of ether oxygens (including phenoxy) is 1. The van der Waals surface area contributed by atoms with Crippen LogP contribution in [0.15, 0.2) is 22.7 Å². The number of aromatic carboxylic acids is 1. The van der Waals surface area contributed by atoms with Gasteiger partial charge < -0.3 is 14.4 Å². The molecule has 0 radical (unpaired) electrons. The highest BCUT2D eigenvalue weighted by molar-refractivity contribution is 5.86. The van der Waals surface area contributed by atoms with Gasteiger partial charge in [0.25, 0.3) is 0 Å². The van der Waals surface area contributed by atoms with Gasteiger partial charge in [0.1, 0.15) is 11.4 Å². The van der Waals surface area contributed by atoms with Crippen LogP contribution in [0.2, 0.25) is 0 Å². The Morgan fingerprint density at radius 3 is 2.61 bits per heavy atom. The van der Waals surface area contributed by atoms with Crippen LogP contribution in [0.25, 0.3) is 11.3 Å². The number of nitrogens with zero attached hydrogens (tertiary/aromatic N) is 1. The van der Waals surface area contributed by atoms with Crippen molar-refractivity contribution < 1.29 is 19.2 Å². The van der Waals surface area contributed by atoms with E-state index >= 15 is 0 Å². The van der Waals surface area contributed by atoms with Gasteiger partial charge in [0.2, 0.25) is 5.76 Å². The van der Waals surface area contributed by atoms with Crippen molar-refractivity contribution in [3.63, 3.8) is 0 Å². The first kappa shape index (κ1) is 12.2. The van der Waals surface area contributed by atoms with Crippen LogP contribution < -0.4 is 4.74 Å². The SMILES string of the molecule is COc1cc(C)cc(C)c1-c1cc(C(=O)O)on1. The first-order valence-electron chi connectivity index (χ1n) is 5.38. The van der Waals surface area contributed by atoms with E-state index in [-0.39, 0.29) is 5.76 Å². The maximum Gasteiger partial charge on any atom is 0.374 e. The van der Waals surface area contributed by atoms with E-state index < -0.39 is 5.97 Å². The molecule has 5 nitrogen and oxygen atoms in total. The predicted molar refractivity (Wildman–Crippen MR) is 64.9 cm³/mol. The van der Waals surface area contributed by atoms with E-state index in [0.29, 0.717) is 11.4 Å². The molecular formula is C13H13NO4. The highest BCUT2D eigenvalue weighted by Crippen LogP contribution is 2.33. The Balaban J connectivity index is 2.58. The van der Waals surface area contributed by atoms with Gasteiger partial charge in [0.15, 0.2) is 0 Å². The third-order valence-electron chi connectivity index (χ3n) is 2.64. The summed E-state index contributed by atoms with van der Waals surface area (Å²) in [5, 5.41) is 12.6. The molecule has 0 bridgehead atoms. The lowest BCUT2D eigenvalue weighted by molar-refractivity contribution is 0.0652. The first-order valence-corrected chi connectivity index (χ1v) is 5.38. The van der Waals surface area contributed by atoms with Crippen molar-refractivity contribution in [2.45, 2.75) is 13.8 Å². The van der Waals surface area contributed by atoms with Crippen LogP contribution in [0.3, 0.4) is 0 Å². The van der Waals surface area contributed by atoms with Gasteiger partial charge in [-0.05, 0) is 31.0 Å². The number of aryl methyl sites for hydroxylation is 2. The van der Waals surface area contributed by atoms with Crippen molar-refractivity contribution in [2.75, 3.05) is 7.11 Å². The normalized spacial score (nSPS) is 10.4. The lowest BCUT2D eigenvalue weighted by Gasteiger charge is -2.10. The molecule has 1 heterocycles. The molecule has 0 unspecified atom stereocenters. The molecule has 94 valence electrons. The van der Waals surface area contributed by atoms with Gasteiger partial charge in [-0.2, -0.15) is 0 Å². The van der Waals surface area contributed by atoms with Crippen molar-refractivity contribution >= 4 is 5.97 Å². The van der Waals surface area contributed by atoms with Crippen LogP contribution in [0.5, 0.6) is 5.75 Å². The highest BCUT2D eigenvalue weighted by atomic mass is 16.5. The summed E-state index contributed by atoms with van der Waals surface area (Å²) in [6.07, 6.45) is 0. The molecule has 0 aliphatic heterocycles. The molecule has 0 aliphatic carbocycles. The van der Waals surface area contributed by atoms with Crippen LogP contribution in [-0.4, -0.2) is 23.3 Å². The topological polar surface area (TPSA) is 72.6 Å². The van der Waals surface area contributed by atoms with Crippen LogP contribution in [0.4, 0.5) is 0 Å². The number of carbonyl (C=O) groups is 1. The zero-order chi connectivity index (χ0) is 13.3. The van der Waals surface area contributed by atoms with Crippen LogP contribution >= 0.6 is 0 Å². The maximum absolute atomic E-state index is 10.8. The lowest BCUT2D eigenvalue weighted by atomic mass is 10.0. The average Bonchev–Trinajstić information content (AvgIpc) is 2.77. The lowest BCUT2D eigenvalue weighted by Crippen LogP contribution is -1.93. The third-order valence-corrected chi connectivity index (χ3v) is 2.64. The Morgan fingerprint density at radius 2 is 2.06 bits per heavy atom. The number of benzene rings is 1. The minimum atomic E-state index is -1.14. The summed E-state index contributed by atoms with van der Waals surface area (Å²) in [5.41, 5.74) is 3.23. The van der Waals surface area contributed by atoms with E-state index in [1.165, 1.54) is 6.07 Å². The van der Waals surface area contributed by atoms with Gasteiger partial charge in [-0.25, -0.2) is 4.79 Å². The second-order valence-corrected chi connectivity index (χ2v) is 4.04. The number of hydrogen-bond donors (Lipinski definition) is 1. The second-order valence-electron chi connectivity index (χ2n) is 4.04. The number of aromatic nitrogens is 1. The van der Waals surface area contributed by atoms with Gasteiger partial charge in [-0.1, -0.05) is 11.2 Å². The largest absolute Gasteiger partial charge is 0.496 e. The summed E-state index contributed by atoms with van der Waals surface area (Å²) < 4.78 is 10.1. The van der Waals surface area contributed by atoms with E-state index in [1.807, 2.05) is 26.0 Å². The molecular weight excluding hydrogens is 234 g/mol. The fraction of sp³-hybridized carbons (Fsp3) is 0.231. The molecule has 1 aromatic carbocycles. The molecule has 0 amide bonds. The minimum Gasteiger partial charge on any atom is -0.496 e. The number of methoxy groups -OCH3 is 1. The summed E-state index contributed by atoms with van der Waals surface area (Å²) in [6.45, 7) is 3.88. The summed E-state index contributed by atoms with van der Waals surface area (Å²) in [6, 6.07) is 5.24. The summed E-state index contributed by atoms with van der Waals surface area (Å²) in [4.78, 5) is 10.8. The Hall–Kier alpha value is -2.30.